The van der Waals surface area contributed by atoms with Gasteiger partial charge in [-0.3, -0.25) is 0 Å². The van der Waals surface area contributed by atoms with Gasteiger partial charge in [-0.25, -0.2) is 8.42 Å². The molecule has 1 aromatic carbocycles. The summed E-state index contributed by atoms with van der Waals surface area (Å²) in [6.07, 6.45) is 1.54. The molecule has 0 radical (unpaired) electrons. The van der Waals surface area contributed by atoms with Crippen LogP contribution in [-0.2, 0) is 10.0 Å². The molecule has 1 aliphatic heterocycles. The standard InChI is InChI=1S/C12H15NO2S/c1-11-7-9-13(10-8-11)16(14,15)12-5-3-2-4-6-12/h2-6H,1,7-10H2. The maximum Gasteiger partial charge on any atom is 0.243 e. The molecule has 0 unspecified atom stereocenters. The Balaban J connectivity index is 2.23. The zero-order chi connectivity index (χ0) is 11.6. The molecule has 0 bridgehead atoms. The second-order valence-corrected chi connectivity index (χ2v) is 5.91. The minimum atomic E-state index is -3.29. The van der Waals surface area contributed by atoms with Crippen LogP contribution in [0.2, 0.25) is 0 Å². The minimum absolute atomic E-state index is 0.377. The lowest BCUT2D eigenvalue weighted by Gasteiger charge is -2.27. The molecule has 3 nitrogen and oxygen atoms in total. The normalized spacial score (nSPS) is 18.6. The molecule has 0 aliphatic carbocycles. The second-order valence-electron chi connectivity index (χ2n) is 3.97. The fraction of sp³-hybridized carbons (Fsp3) is 0.333. The number of hydrogen-bond donors (Lipinski definition) is 0. The Bertz CT molecular complexity index is 469. The lowest BCUT2D eigenvalue weighted by molar-refractivity contribution is 0.387. The van der Waals surface area contributed by atoms with Gasteiger partial charge in [0.1, 0.15) is 0 Å². The van der Waals surface area contributed by atoms with Crippen molar-refractivity contribution in [2.75, 3.05) is 13.1 Å². The topological polar surface area (TPSA) is 37.4 Å². The van der Waals surface area contributed by atoms with Crippen LogP contribution in [0.3, 0.4) is 0 Å². The minimum Gasteiger partial charge on any atom is -0.207 e. The van der Waals surface area contributed by atoms with Gasteiger partial charge in [0.25, 0.3) is 0 Å². The van der Waals surface area contributed by atoms with Crippen LogP contribution in [-0.4, -0.2) is 25.8 Å². The van der Waals surface area contributed by atoms with Gasteiger partial charge in [0, 0.05) is 13.1 Å². The molecule has 1 saturated heterocycles. The van der Waals surface area contributed by atoms with E-state index in [0.717, 1.165) is 18.4 Å². The van der Waals surface area contributed by atoms with Crippen LogP contribution in [0, 0.1) is 0 Å². The van der Waals surface area contributed by atoms with E-state index in [-0.39, 0.29) is 0 Å². The maximum atomic E-state index is 12.2. The van der Waals surface area contributed by atoms with E-state index in [2.05, 4.69) is 6.58 Å². The van der Waals surface area contributed by atoms with E-state index in [4.69, 9.17) is 0 Å². The third-order valence-electron chi connectivity index (χ3n) is 2.81. The van der Waals surface area contributed by atoms with Gasteiger partial charge >= 0.3 is 0 Å². The summed E-state index contributed by atoms with van der Waals surface area (Å²) in [4.78, 5) is 0.377. The average molecular weight is 237 g/mol. The Hall–Kier alpha value is -1.13. The third-order valence-corrected chi connectivity index (χ3v) is 4.72. The Kier molecular flexibility index (Phi) is 3.12. The van der Waals surface area contributed by atoms with E-state index in [1.807, 2.05) is 6.07 Å². The number of sulfonamides is 1. The highest BCUT2D eigenvalue weighted by Gasteiger charge is 2.26. The Labute approximate surface area is 96.4 Å². The highest BCUT2D eigenvalue weighted by atomic mass is 32.2. The third kappa shape index (κ3) is 2.18. The molecule has 1 heterocycles. The lowest BCUT2D eigenvalue weighted by atomic mass is 10.1. The van der Waals surface area contributed by atoms with Gasteiger partial charge in [0.15, 0.2) is 0 Å². The van der Waals surface area contributed by atoms with Crippen molar-refractivity contribution in [2.24, 2.45) is 0 Å². The average Bonchev–Trinajstić information content (AvgIpc) is 2.31. The van der Waals surface area contributed by atoms with Gasteiger partial charge < -0.3 is 0 Å². The number of benzene rings is 1. The van der Waals surface area contributed by atoms with Crippen LogP contribution in [0.4, 0.5) is 0 Å². The van der Waals surface area contributed by atoms with E-state index in [1.54, 1.807) is 24.3 Å². The molecule has 1 fully saturated rings. The van der Waals surface area contributed by atoms with E-state index < -0.39 is 10.0 Å². The summed E-state index contributed by atoms with van der Waals surface area (Å²) in [5, 5.41) is 0. The first-order valence-electron chi connectivity index (χ1n) is 5.32. The summed E-state index contributed by atoms with van der Waals surface area (Å²) < 4.78 is 25.9. The first-order valence-corrected chi connectivity index (χ1v) is 6.76. The van der Waals surface area contributed by atoms with Crippen molar-refractivity contribution < 1.29 is 8.42 Å². The summed E-state index contributed by atoms with van der Waals surface area (Å²) in [7, 11) is -3.29. The summed E-state index contributed by atoms with van der Waals surface area (Å²) in [6.45, 7) is 4.99. The van der Waals surface area contributed by atoms with Gasteiger partial charge in [0.05, 0.1) is 4.90 Å². The molecule has 16 heavy (non-hydrogen) atoms. The Morgan fingerprint density at radius 2 is 1.62 bits per heavy atom. The molecule has 0 aromatic heterocycles. The van der Waals surface area contributed by atoms with E-state index in [9.17, 15) is 8.42 Å². The zero-order valence-corrected chi connectivity index (χ0v) is 9.91. The zero-order valence-electron chi connectivity index (χ0n) is 9.09. The number of hydrogen-bond acceptors (Lipinski definition) is 2. The maximum absolute atomic E-state index is 12.2. The Morgan fingerprint density at radius 3 is 2.19 bits per heavy atom. The molecule has 1 aliphatic rings. The van der Waals surface area contributed by atoms with E-state index in [0.29, 0.717) is 18.0 Å². The van der Waals surface area contributed by atoms with Gasteiger partial charge in [-0.2, -0.15) is 4.31 Å². The highest BCUT2D eigenvalue weighted by molar-refractivity contribution is 7.89. The largest absolute Gasteiger partial charge is 0.243 e. The van der Waals surface area contributed by atoms with Crippen molar-refractivity contribution in [3.63, 3.8) is 0 Å². The molecule has 0 amide bonds. The monoisotopic (exact) mass is 237 g/mol. The smallest absolute Gasteiger partial charge is 0.207 e. The fourth-order valence-corrected chi connectivity index (χ4v) is 3.25. The molecular weight excluding hydrogens is 222 g/mol. The van der Waals surface area contributed by atoms with Crippen LogP contribution >= 0.6 is 0 Å². The van der Waals surface area contributed by atoms with Crippen LogP contribution in [0.25, 0.3) is 0 Å². The van der Waals surface area contributed by atoms with Gasteiger partial charge in [-0.15, -0.1) is 0 Å². The summed E-state index contributed by atoms with van der Waals surface area (Å²) in [5.74, 6) is 0. The SMILES string of the molecule is C=C1CCN(S(=O)(=O)c2ccccc2)CC1. The quantitative estimate of drug-likeness (QED) is 0.738. The number of piperidine rings is 1. The fourth-order valence-electron chi connectivity index (χ4n) is 1.78. The first-order chi connectivity index (χ1) is 7.60. The van der Waals surface area contributed by atoms with Crippen molar-refractivity contribution in [1.82, 2.24) is 4.31 Å². The van der Waals surface area contributed by atoms with E-state index >= 15 is 0 Å². The molecule has 1 aromatic rings. The van der Waals surface area contributed by atoms with Gasteiger partial charge in [0.2, 0.25) is 10.0 Å². The first kappa shape index (κ1) is 11.4. The van der Waals surface area contributed by atoms with Crippen LogP contribution in [0.1, 0.15) is 12.8 Å². The van der Waals surface area contributed by atoms with Crippen molar-refractivity contribution in [1.29, 1.82) is 0 Å². The van der Waals surface area contributed by atoms with Crippen molar-refractivity contribution >= 4 is 10.0 Å². The van der Waals surface area contributed by atoms with Crippen molar-refractivity contribution in [3.05, 3.63) is 42.5 Å². The van der Waals surface area contributed by atoms with Crippen molar-refractivity contribution in [3.8, 4) is 0 Å². The summed E-state index contributed by atoms with van der Waals surface area (Å²) in [5.41, 5.74) is 1.14. The lowest BCUT2D eigenvalue weighted by Crippen LogP contribution is -2.36. The highest BCUT2D eigenvalue weighted by Crippen LogP contribution is 2.21. The molecule has 0 spiro atoms. The van der Waals surface area contributed by atoms with Crippen LogP contribution < -0.4 is 0 Å². The van der Waals surface area contributed by atoms with Crippen LogP contribution in [0.15, 0.2) is 47.4 Å². The molecule has 0 saturated carbocycles. The van der Waals surface area contributed by atoms with Gasteiger partial charge in [-0.1, -0.05) is 30.4 Å². The molecule has 2 rings (SSSR count). The summed E-state index contributed by atoms with van der Waals surface area (Å²) >= 11 is 0. The van der Waals surface area contributed by atoms with Crippen LogP contribution in [0.5, 0.6) is 0 Å². The predicted molar refractivity (Wildman–Crippen MR) is 63.6 cm³/mol. The van der Waals surface area contributed by atoms with Crippen molar-refractivity contribution in [2.45, 2.75) is 17.7 Å². The van der Waals surface area contributed by atoms with Gasteiger partial charge in [-0.05, 0) is 25.0 Å². The molecule has 4 heteroatoms. The molecular formula is C12H15NO2S. The Morgan fingerprint density at radius 1 is 1.06 bits per heavy atom. The predicted octanol–water partition coefficient (Wildman–Crippen LogP) is 2.03. The molecule has 0 N–H and O–H groups in total. The number of nitrogens with zero attached hydrogens (tertiary/aromatic N) is 1. The molecule has 86 valence electrons. The summed E-state index contributed by atoms with van der Waals surface area (Å²) in [6, 6.07) is 8.58. The second kappa shape index (κ2) is 4.39. The van der Waals surface area contributed by atoms with E-state index in [1.165, 1.54) is 4.31 Å². The number of rotatable bonds is 2. The molecule has 0 atom stereocenters.